The van der Waals surface area contributed by atoms with Crippen LogP contribution < -0.4 is 5.43 Å². The molecule has 0 radical (unpaired) electrons. The Labute approximate surface area is 160 Å². The summed E-state index contributed by atoms with van der Waals surface area (Å²) in [5.74, 6) is -0.442. The number of nitrogens with zero attached hydrogens (tertiary/aromatic N) is 4. The summed E-state index contributed by atoms with van der Waals surface area (Å²) in [5.41, 5.74) is 3.76. The molecule has 0 spiro atoms. The van der Waals surface area contributed by atoms with Crippen LogP contribution in [0.4, 0.5) is 16.4 Å². The molecule has 0 bridgehead atoms. The van der Waals surface area contributed by atoms with Crippen LogP contribution in [0.1, 0.15) is 22.2 Å². The molecule has 0 aliphatic carbocycles. The molecule has 0 amide bonds. The van der Waals surface area contributed by atoms with E-state index in [-0.39, 0.29) is 12.3 Å². The number of carbonyl (C=O) groups is 1. The Hall–Kier alpha value is -3.27. The van der Waals surface area contributed by atoms with Crippen molar-refractivity contribution in [1.29, 1.82) is 0 Å². The van der Waals surface area contributed by atoms with E-state index in [1.165, 1.54) is 23.5 Å². The minimum Gasteiger partial charge on any atom is -0.462 e. The maximum absolute atomic E-state index is 12.1. The number of benzene rings is 1. The lowest BCUT2D eigenvalue weighted by molar-refractivity contribution is -0.384. The minimum atomic E-state index is -0.467. The third kappa shape index (κ3) is 5.89. The van der Waals surface area contributed by atoms with Crippen LogP contribution in [0.2, 0.25) is 0 Å². The van der Waals surface area contributed by atoms with Crippen molar-refractivity contribution >= 4 is 46.2 Å². The number of nitro groups is 1. The molecule has 1 heterocycles. The highest BCUT2D eigenvalue weighted by atomic mass is 32.1. The van der Waals surface area contributed by atoms with E-state index >= 15 is 0 Å². The molecule has 1 N–H and O–H groups in total. The highest BCUT2D eigenvalue weighted by Crippen LogP contribution is 2.30. The molecule has 0 saturated heterocycles. The van der Waals surface area contributed by atoms with Crippen LogP contribution >= 0.6 is 11.3 Å². The van der Waals surface area contributed by atoms with Gasteiger partial charge in [-0.05, 0) is 25.1 Å². The Balaban J connectivity index is 2.14. The van der Waals surface area contributed by atoms with Gasteiger partial charge >= 0.3 is 5.97 Å². The first-order valence-electron chi connectivity index (χ1n) is 7.95. The van der Waals surface area contributed by atoms with Crippen molar-refractivity contribution in [2.45, 2.75) is 6.92 Å². The number of hydrogen-bond donors (Lipinski definition) is 1. The smallest absolute Gasteiger partial charge is 0.341 e. The molecule has 0 unspecified atom stereocenters. The Bertz CT molecular complexity index is 859. The molecule has 2 aromatic rings. The number of ether oxygens (including phenoxy) is 1. The molecule has 142 valence electrons. The largest absolute Gasteiger partial charge is 0.462 e. The molecule has 0 aliphatic heterocycles. The Kier molecular flexibility index (Phi) is 7.00. The van der Waals surface area contributed by atoms with Gasteiger partial charge in [0.1, 0.15) is 5.00 Å². The van der Waals surface area contributed by atoms with Gasteiger partial charge in [0.25, 0.3) is 5.69 Å². The van der Waals surface area contributed by atoms with Crippen LogP contribution in [0, 0.1) is 10.1 Å². The van der Waals surface area contributed by atoms with Gasteiger partial charge in [-0.3, -0.25) is 15.5 Å². The van der Waals surface area contributed by atoms with Crippen molar-refractivity contribution in [2.24, 2.45) is 10.1 Å². The van der Waals surface area contributed by atoms with E-state index in [9.17, 15) is 14.9 Å². The highest BCUT2D eigenvalue weighted by Gasteiger charge is 2.16. The quantitative estimate of drug-likeness (QED) is 0.243. The van der Waals surface area contributed by atoms with Gasteiger partial charge in [0.15, 0.2) is 0 Å². The van der Waals surface area contributed by atoms with E-state index in [1.54, 1.807) is 42.6 Å². The Morgan fingerprint density at radius 3 is 2.67 bits per heavy atom. The van der Waals surface area contributed by atoms with Crippen LogP contribution in [0.15, 0.2) is 40.4 Å². The monoisotopic (exact) mass is 389 g/mol. The van der Waals surface area contributed by atoms with Crippen molar-refractivity contribution in [3.8, 4) is 0 Å². The number of carbonyl (C=O) groups excluding carboxylic acids is 1. The second-order valence-corrected chi connectivity index (χ2v) is 6.53. The van der Waals surface area contributed by atoms with E-state index in [4.69, 9.17) is 4.74 Å². The van der Waals surface area contributed by atoms with Gasteiger partial charge in [0.2, 0.25) is 0 Å². The maximum atomic E-state index is 12.1. The normalized spacial score (nSPS) is 11.1. The minimum absolute atomic E-state index is 0.00487. The number of aliphatic imine (C=N–C) groups is 1. The topological polar surface area (TPSA) is 109 Å². The molecular formula is C17H19N5O4S. The second-order valence-electron chi connectivity index (χ2n) is 5.47. The molecule has 1 aromatic carbocycles. The zero-order valence-corrected chi connectivity index (χ0v) is 15.9. The number of hydrogen-bond acceptors (Lipinski definition) is 8. The summed E-state index contributed by atoms with van der Waals surface area (Å²) in [6.07, 6.45) is 3.15. The van der Waals surface area contributed by atoms with Crippen molar-refractivity contribution in [3.05, 3.63) is 50.9 Å². The van der Waals surface area contributed by atoms with Crippen LogP contribution in [0.3, 0.4) is 0 Å². The average Bonchev–Trinajstić information content (AvgIpc) is 3.04. The van der Waals surface area contributed by atoms with E-state index in [0.29, 0.717) is 21.1 Å². The SMILES string of the molecule is CCOC(=O)c1cc(C=NNc2ccc([N+](=O)[O-])cc2)sc1N=CN(C)C. The predicted molar refractivity (Wildman–Crippen MR) is 106 cm³/mol. The van der Waals surface area contributed by atoms with Crippen LogP contribution in [0.25, 0.3) is 0 Å². The summed E-state index contributed by atoms with van der Waals surface area (Å²) in [6, 6.07) is 7.54. The summed E-state index contributed by atoms with van der Waals surface area (Å²) >= 11 is 1.29. The summed E-state index contributed by atoms with van der Waals surface area (Å²) in [5, 5.41) is 15.3. The fourth-order valence-electron chi connectivity index (χ4n) is 1.91. The van der Waals surface area contributed by atoms with Gasteiger partial charge < -0.3 is 9.64 Å². The molecule has 10 heteroatoms. The third-order valence-electron chi connectivity index (χ3n) is 3.10. The molecule has 27 heavy (non-hydrogen) atoms. The zero-order valence-electron chi connectivity index (χ0n) is 15.1. The standard InChI is InChI=1S/C17H19N5O4S/c1-4-26-17(23)15-9-14(27-16(15)18-11-21(2)3)10-19-20-12-5-7-13(8-6-12)22(24)25/h5-11,20H,4H2,1-3H3. The lowest BCUT2D eigenvalue weighted by atomic mass is 10.3. The number of nitro benzene ring substituents is 1. The number of esters is 1. The fourth-order valence-corrected chi connectivity index (χ4v) is 2.77. The molecule has 0 aliphatic rings. The molecule has 2 rings (SSSR count). The van der Waals surface area contributed by atoms with Crippen molar-refractivity contribution in [1.82, 2.24) is 4.90 Å². The third-order valence-corrected chi connectivity index (χ3v) is 4.07. The summed E-state index contributed by atoms with van der Waals surface area (Å²) < 4.78 is 5.06. The molecule has 0 fully saturated rings. The van der Waals surface area contributed by atoms with E-state index in [2.05, 4.69) is 15.5 Å². The Morgan fingerprint density at radius 2 is 2.07 bits per heavy atom. The predicted octanol–water partition coefficient (Wildman–Crippen LogP) is 3.50. The van der Waals surface area contributed by atoms with E-state index in [0.717, 1.165) is 0 Å². The van der Waals surface area contributed by atoms with Crippen LogP contribution in [-0.2, 0) is 4.74 Å². The number of rotatable bonds is 8. The molecule has 9 nitrogen and oxygen atoms in total. The molecule has 1 aromatic heterocycles. The number of thiophene rings is 1. The first-order valence-corrected chi connectivity index (χ1v) is 8.77. The van der Waals surface area contributed by atoms with Crippen molar-refractivity contribution < 1.29 is 14.5 Å². The Morgan fingerprint density at radius 1 is 1.37 bits per heavy atom. The van der Waals surface area contributed by atoms with Gasteiger partial charge in [0, 0.05) is 26.2 Å². The van der Waals surface area contributed by atoms with Gasteiger partial charge in [-0.2, -0.15) is 5.10 Å². The molecular weight excluding hydrogens is 370 g/mol. The lowest BCUT2D eigenvalue weighted by Crippen LogP contribution is -2.07. The average molecular weight is 389 g/mol. The van der Waals surface area contributed by atoms with Gasteiger partial charge in [0.05, 0.1) is 40.2 Å². The summed E-state index contributed by atoms with van der Waals surface area (Å²) in [6.45, 7) is 2.01. The second kappa shape index (κ2) is 9.43. The van der Waals surface area contributed by atoms with E-state index < -0.39 is 10.9 Å². The molecule has 0 atom stereocenters. The van der Waals surface area contributed by atoms with Crippen LogP contribution in [0.5, 0.6) is 0 Å². The zero-order chi connectivity index (χ0) is 19.8. The van der Waals surface area contributed by atoms with Gasteiger partial charge in [-0.1, -0.05) is 0 Å². The van der Waals surface area contributed by atoms with Crippen molar-refractivity contribution in [2.75, 3.05) is 26.1 Å². The summed E-state index contributed by atoms with van der Waals surface area (Å²) in [7, 11) is 3.66. The number of hydrazone groups is 1. The first kappa shape index (κ1) is 20.0. The number of anilines is 1. The first-order chi connectivity index (χ1) is 12.9. The fraction of sp³-hybridized carbons (Fsp3) is 0.235. The molecule has 0 saturated carbocycles. The maximum Gasteiger partial charge on any atom is 0.341 e. The van der Waals surface area contributed by atoms with E-state index in [1.807, 2.05) is 14.1 Å². The van der Waals surface area contributed by atoms with Gasteiger partial charge in [-0.15, -0.1) is 11.3 Å². The number of non-ortho nitro benzene ring substituents is 1. The highest BCUT2D eigenvalue weighted by molar-refractivity contribution is 7.17. The lowest BCUT2D eigenvalue weighted by Gasteiger charge is -2.02. The van der Waals surface area contributed by atoms with Gasteiger partial charge in [-0.25, -0.2) is 9.79 Å². The number of nitrogens with one attached hydrogen (secondary N) is 1. The van der Waals surface area contributed by atoms with Crippen LogP contribution in [-0.4, -0.2) is 49.0 Å². The van der Waals surface area contributed by atoms with Crippen molar-refractivity contribution in [3.63, 3.8) is 0 Å². The summed E-state index contributed by atoms with van der Waals surface area (Å²) in [4.78, 5) is 29.0.